The number of methoxy groups -OCH3 is 2. The number of nitrogens with one attached hydrogen (secondary N) is 1. The lowest BCUT2D eigenvalue weighted by molar-refractivity contribution is 0.0174. The van der Waals surface area contributed by atoms with Crippen molar-refractivity contribution in [2.45, 2.75) is 50.7 Å². The van der Waals surface area contributed by atoms with Crippen LogP contribution in [0.3, 0.4) is 0 Å². The van der Waals surface area contributed by atoms with Crippen molar-refractivity contribution in [3.8, 4) is 0 Å². The Morgan fingerprint density at radius 1 is 0.900 bits per heavy atom. The molecule has 0 bridgehead atoms. The molecule has 1 N–H and O–H groups in total. The van der Waals surface area contributed by atoms with E-state index < -0.39 is 0 Å². The first-order valence-corrected chi connectivity index (χ1v) is 11.4. The molecule has 168 valence electrons. The molecular weight excluding hydrogens is 378 g/mol. The SMILES string of the molecule is COCC1(CNC2CC2)CCN(C(=O)N2CCC(OC)CC2)CC1.c1ccccc1. The lowest BCUT2D eigenvalue weighted by atomic mass is 9.79. The fourth-order valence-electron chi connectivity index (χ4n) is 4.37. The number of amides is 2. The van der Waals surface area contributed by atoms with E-state index in [9.17, 15) is 4.79 Å². The summed E-state index contributed by atoms with van der Waals surface area (Å²) in [5.41, 5.74) is 0.192. The Morgan fingerprint density at radius 2 is 1.43 bits per heavy atom. The molecule has 2 amide bonds. The van der Waals surface area contributed by atoms with Crippen LogP contribution in [0, 0.1) is 5.41 Å². The van der Waals surface area contributed by atoms with Crippen LogP contribution < -0.4 is 5.32 Å². The van der Waals surface area contributed by atoms with E-state index in [4.69, 9.17) is 9.47 Å². The standard InChI is InChI=1S/C18H33N3O3.C6H6/c1-23-14-18(13-19-15-3-4-15)7-11-21(12-8-18)17(22)20-9-5-16(24-2)6-10-20;1-2-4-6-5-3-1/h15-16,19H,3-14H2,1-2H3;1-6H. The van der Waals surface area contributed by atoms with E-state index in [0.717, 1.165) is 71.1 Å². The van der Waals surface area contributed by atoms with Crippen molar-refractivity contribution in [2.75, 3.05) is 53.6 Å². The third kappa shape index (κ3) is 6.96. The summed E-state index contributed by atoms with van der Waals surface area (Å²) in [4.78, 5) is 16.8. The van der Waals surface area contributed by atoms with E-state index in [1.807, 2.05) is 46.2 Å². The number of rotatable bonds is 6. The molecular formula is C24H39N3O3. The highest BCUT2D eigenvalue weighted by Crippen LogP contribution is 2.33. The number of ether oxygens (including phenoxy) is 2. The summed E-state index contributed by atoms with van der Waals surface area (Å²) in [6.45, 7) is 5.14. The summed E-state index contributed by atoms with van der Waals surface area (Å²) < 4.78 is 10.9. The van der Waals surface area contributed by atoms with Gasteiger partial charge in [-0.25, -0.2) is 4.79 Å². The smallest absolute Gasteiger partial charge is 0.320 e. The van der Waals surface area contributed by atoms with E-state index in [2.05, 4.69) is 5.32 Å². The highest BCUT2D eigenvalue weighted by Gasteiger charge is 2.38. The van der Waals surface area contributed by atoms with Gasteiger partial charge < -0.3 is 24.6 Å². The minimum atomic E-state index is 0.192. The molecule has 0 aromatic heterocycles. The topological polar surface area (TPSA) is 54.0 Å². The molecule has 1 aromatic carbocycles. The van der Waals surface area contributed by atoms with E-state index in [-0.39, 0.29) is 11.4 Å². The highest BCUT2D eigenvalue weighted by molar-refractivity contribution is 5.74. The molecule has 6 heteroatoms. The Balaban J connectivity index is 0.000000367. The minimum Gasteiger partial charge on any atom is -0.384 e. The second-order valence-corrected chi connectivity index (χ2v) is 8.93. The summed E-state index contributed by atoms with van der Waals surface area (Å²) in [5.74, 6) is 0. The predicted octanol–water partition coefficient (Wildman–Crippen LogP) is 3.38. The van der Waals surface area contributed by atoms with E-state index in [1.54, 1.807) is 14.2 Å². The van der Waals surface area contributed by atoms with Gasteiger partial charge in [-0.1, -0.05) is 36.4 Å². The third-order valence-electron chi connectivity index (χ3n) is 6.60. The van der Waals surface area contributed by atoms with Crippen LogP contribution in [-0.4, -0.2) is 81.5 Å². The molecule has 1 aliphatic carbocycles. The quantitative estimate of drug-likeness (QED) is 0.771. The molecule has 6 nitrogen and oxygen atoms in total. The largest absolute Gasteiger partial charge is 0.384 e. The Kier molecular flexibility index (Phi) is 8.97. The van der Waals surface area contributed by atoms with Crippen LogP contribution in [0.15, 0.2) is 36.4 Å². The van der Waals surface area contributed by atoms with Crippen LogP contribution in [0.2, 0.25) is 0 Å². The molecule has 1 aromatic rings. The van der Waals surface area contributed by atoms with Gasteiger partial charge in [0.05, 0.1) is 12.7 Å². The van der Waals surface area contributed by atoms with Gasteiger partial charge in [-0.3, -0.25) is 0 Å². The predicted molar refractivity (Wildman–Crippen MR) is 120 cm³/mol. The maximum atomic E-state index is 12.8. The van der Waals surface area contributed by atoms with Crippen LogP contribution in [0.5, 0.6) is 0 Å². The monoisotopic (exact) mass is 417 g/mol. The van der Waals surface area contributed by atoms with E-state index in [1.165, 1.54) is 12.8 Å². The number of likely N-dealkylation sites (tertiary alicyclic amines) is 2. The zero-order valence-corrected chi connectivity index (χ0v) is 18.7. The maximum Gasteiger partial charge on any atom is 0.320 e. The van der Waals surface area contributed by atoms with Gasteiger partial charge in [-0.2, -0.15) is 0 Å². The summed E-state index contributed by atoms with van der Waals surface area (Å²) >= 11 is 0. The van der Waals surface area contributed by atoms with Gasteiger partial charge in [0.25, 0.3) is 0 Å². The fraction of sp³-hybridized carbons (Fsp3) is 0.708. The summed E-state index contributed by atoms with van der Waals surface area (Å²) in [5, 5.41) is 3.66. The normalized spacial score (nSPS) is 21.7. The molecule has 0 atom stereocenters. The van der Waals surface area contributed by atoms with E-state index >= 15 is 0 Å². The first kappa shape index (κ1) is 23.0. The molecule has 30 heavy (non-hydrogen) atoms. The van der Waals surface area contributed by atoms with Crippen LogP contribution in [0.25, 0.3) is 0 Å². The van der Waals surface area contributed by atoms with Crippen LogP contribution in [0.1, 0.15) is 38.5 Å². The number of hydrogen-bond acceptors (Lipinski definition) is 4. The van der Waals surface area contributed by atoms with Crippen molar-refractivity contribution in [3.05, 3.63) is 36.4 Å². The molecule has 0 radical (unpaired) electrons. The molecule has 0 unspecified atom stereocenters. The summed E-state index contributed by atoms with van der Waals surface area (Å²) in [7, 11) is 3.55. The zero-order valence-electron chi connectivity index (χ0n) is 18.7. The van der Waals surface area contributed by atoms with Crippen molar-refractivity contribution in [3.63, 3.8) is 0 Å². The molecule has 2 heterocycles. The van der Waals surface area contributed by atoms with Crippen LogP contribution >= 0.6 is 0 Å². The van der Waals surface area contributed by atoms with Gasteiger partial charge in [0.2, 0.25) is 0 Å². The first-order valence-electron chi connectivity index (χ1n) is 11.4. The molecule has 1 saturated carbocycles. The molecule has 3 fully saturated rings. The second-order valence-electron chi connectivity index (χ2n) is 8.93. The number of benzene rings is 1. The Labute approximate surface area is 181 Å². The van der Waals surface area contributed by atoms with Crippen LogP contribution in [0.4, 0.5) is 4.79 Å². The third-order valence-corrected chi connectivity index (χ3v) is 6.60. The lowest BCUT2D eigenvalue weighted by Gasteiger charge is -2.43. The molecule has 2 saturated heterocycles. The van der Waals surface area contributed by atoms with Crippen molar-refractivity contribution in [1.82, 2.24) is 15.1 Å². The number of carbonyl (C=O) groups is 1. The number of carbonyl (C=O) groups excluding carboxylic acids is 1. The average molecular weight is 418 g/mol. The van der Waals surface area contributed by atoms with Crippen molar-refractivity contribution in [1.29, 1.82) is 0 Å². The lowest BCUT2D eigenvalue weighted by Crippen LogP contribution is -2.54. The summed E-state index contributed by atoms with van der Waals surface area (Å²) in [6.07, 6.45) is 6.90. The zero-order chi connectivity index (χ0) is 21.2. The number of piperidine rings is 2. The van der Waals surface area contributed by atoms with E-state index in [0.29, 0.717) is 6.10 Å². The van der Waals surface area contributed by atoms with Crippen molar-refractivity contribution < 1.29 is 14.3 Å². The van der Waals surface area contributed by atoms with Gasteiger partial charge >= 0.3 is 6.03 Å². The molecule has 4 rings (SSSR count). The Morgan fingerprint density at radius 3 is 1.90 bits per heavy atom. The van der Waals surface area contributed by atoms with Crippen molar-refractivity contribution in [2.24, 2.45) is 5.41 Å². The van der Waals surface area contributed by atoms with Crippen molar-refractivity contribution >= 4 is 6.03 Å². The molecule has 2 aliphatic heterocycles. The summed E-state index contributed by atoms with van der Waals surface area (Å²) in [6, 6.07) is 12.9. The number of hydrogen-bond donors (Lipinski definition) is 1. The van der Waals surface area contributed by atoms with Crippen LogP contribution in [-0.2, 0) is 9.47 Å². The maximum absolute atomic E-state index is 12.8. The van der Waals surface area contributed by atoms with Gasteiger partial charge in [-0.05, 0) is 38.5 Å². The first-order chi connectivity index (χ1) is 14.7. The van der Waals surface area contributed by atoms with Gasteiger partial charge in [0.1, 0.15) is 0 Å². The Bertz CT molecular complexity index is 581. The Hall–Kier alpha value is -1.63. The van der Waals surface area contributed by atoms with Gasteiger partial charge in [-0.15, -0.1) is 0 Å². The van der Waals surface area contributed by atoms with Gasteiger partial charge in [0, 0.05) is 58.4 Å². The van der Waals surface area contributed by atoms with Gasteiger partial charge in [0.15, 0.2) is 0 Å². The second kappa shape index (κ2) is 11.7. The molecule has 0 spiro atoms. The fourth-order valence-corrected chi connectivity index (χ4v) is 4.37. The number of nitrogens with zero attached hydrogens (tertiary/aromatic N) is 2. The molecule has 3 aliphatic rings. The number of urea groups is 1. The minimum absolute atomic E-state index is 0.192. The average Bonchev–Trinajstić information content (AvgIpc) is 3.64. The highest BCUT2D eigenvalue weighted by atomic mass is 16.5.